The normalized spacial score (nSPS) is 30.0. The molecule has 10 heteroatoms. The molecule has 4 aliphatic rings. The van der Waals surface area contributed by atoms with E-state index in [1.165, 1.54) is 24.4 Å². The van der Waals surface area contributed by atoms with Gasteiger partial charge in [-0.25, -0.2) is 4.98 Å². The highest BCUT2D eigenvalue weighted by atomic mass is 19.4. The molecule has 0 amide bonds. The molecule has 4 bridgehead atoms. The summed E-state index contributed by atoms with van der Waals surface area (Å²) < 4.78 is 42.1. The summed E-state index contributed by atoms with van der Waals surface area (Å²) in [7, 11) is 0. The molecule has 1 aromatic heterocycles. The topological polar surface area (TPSA) is 103 Å². The van der Waals surface area contributed by atoms with E-state index in [0.717, 1.165) is 32.1 Å². The van der Waals surface area contributed by atoms with E-state index < -0.39 is 12.0 Å². The van der Waals surface area contributed by atoms with Crippen molar-refractivity contribution in [3.63, 3.8) is 0 Å². The third kappa shape index (κ3) is 4.55. The highest BCUT2D eigenvalue weighted by molar-refractivity contribution is 5.54. The number of nitrogens with zero attached hydrogens (tertiary/aromatic N) is 3. The first kappa shape index (κ1) is 21.8. The Morgan fingerprint density at radius 2 is 1.91 bits per heavy atom. The van der Waals surface area contributed by atoms with E-state index in [2.05, 4.69) is 31.4 Å². The van der Waals surface area contributed by atoms with E-state index in [1.807, 2.05) is 0 Å². The molecule has 4 saturated carbocycles. The monoisotopic (exact) mass is 459 g/mol. The van der Waals surface area contributed by atoms with Gasteiger partial charge in [-0.05, 0) is 55.9 Å². The van der Waals surface area contributed by atoms with Crippen LogP contribution in [-0.2, 0) is 6.54 Å². The Bertz CT molecular complexity index is 1070. The van der Waals surface area contributed by atoms with E-state index in [4.69, 9.17) is 0 Å². The predicted octanol–water partition coefficient (Wildman–Crippen LogP) is 4.21. The molecular weight excluding hydrogens is 435 g/mol. The van der Waals surface area contributed by atoms with Crippen LogP contribution >= 0.6 is 0 Å². The summed E-state index contributed by atoms with van der Waals surface area (Å²) in [5, 5.41) is 26.7. The fourth-order valence-corrected chi connectivity index (χ4v) is 6.08. The number of rotatable bonds is 6. The molecule has 33 heavy (non-hydrogen) atoms. The lowest BCUT2D eigenvalue weighted by Gasteiger charge is -2.58. The summed E-state index contributed by atoms with van der Waals surface area (Å²) in [6.07, 6.45) is 1.13. The fraction of sp³-hybridized carbons (Fsp3) is 0.522. The molecule has 3 unspecified atom stereocenters. The number of ether oxygens (including phenoxy) is 1. The zero-order valence-corrected chi connectivity index (χ0v) is 17.8. The minimum atomic E-state index is -4.79. The SMILES string of the molecule is N#Cc1cnc(NCc2ccccc2OC(F)(F)F)nc1NC1[C@@H]2CC3C[C@H]1CC(O)(C3)C2. The molecule has 3 N–H and O–H groups in total. The van der Waals surface area contributed by atoms with Gasteiger partial charge < -0.3 is 20.5 Å². The van der Waals surface area contributed by atoms with Crippen molar-refractivity contribution >= 4 is 11.8 Å². The number of alkyl halides is 3. The maximum absolute atomic E-state index is 12.7. The first-order chi connectivity index (χ1) is 15.7. The van der Waals surface area contributed by atoms with E-state index in [-0.39, 0.29) is 24.3 Å². The van der Waals surface area contributed by atoms with E-state index in [1.54, 1.807) is 6.07 Å². The van der Waals surface area contributed by atoms with Crippen molar-refractivity contribution in [2.45, 2.75) is 56.7 Å². The fourth-order valence-electron chi connectivity index (χ4n) is 6.08. The minimum absolute atomic E-state index is 0.0149. The first-order valence-corrected chi connectivity index (χ1v) is 11.0. The third-order valence-corrected chi connectivity index (χ3v) is 7.09. The molecule has 0 aliphatic heterocycles. The summed E-state index contributed by atoms with van der Waals surface area (Å²) in [4.78, 5) is 8.59. The molecule has 2 aromatic rings. The van der Waals surface area contributed by atoms with Crippen molar-refractivity contribution in [2.24, 2.45) is 17.8 Å². The smallest absolute Gasteiger partial charge is 0.405 e. The summed E-state index contributed by atoms with van der Waals surface area (Å²) in [6, 6.07) is 8.08. The minimum Gasteiger partial charge on any atom is -0.405 e. The van der Waals surface area contributed by atoms with Crippen LogP contribution in [0.3, 0.4) is 0 Å². The van der Waals surface area contributed by atoms with Gasteiger partial charge in [0, 0.05) is 18.2 Å². The molecule has 4 aliphatic carbocycles. The van der Waals surface area contributed by atoms with Gasteiger partial charge >= 0.3 is 6.36 Å². The zero-order chi connectivity index (χ0) is 23.2. The van der Waals surface area contributed by atoms with Gasteiger partial charge in [0.15, 0.2) is 0 Å². The van der Waals surface area contributed by atoms with Crippen molar-refractivity contribution in [1.82, 2.24) is 9.97 Å². The Balaban J connectivity index is 1.32. The largest absolute Gasteiger partial charge is 0.573 e. The predicted molar refractivity (Wildman–Crippen MR) is 113 cm³/mol. The van der Waals surface area contributed by atoms with Crippen LogP contribution in [-0.4, -0.2) is 33.1 Å². The first-order valence-electron chi connectivity index (χ1n) is 11.0. The second kappa shape index (κ2) is 8.06. The van der Waals surface area contributed by atoms with Crippen molar-refractivity contribution in [3.05, 3.63) is 41.6 Å². The second-order valence-electron chi connectivity index (χ2n) is 9.44. The Morgan fingerprint density at radius 3 is 2.58 bits per heavy atom. The Hall–Kier alpha value is -3.06. The van der Waals surface area contributed by atoms with Crippen molar-refractivity contribution in [1.29, 1.82) is 5.26 Å². The van der Waals surface area contributed by atoms with Crippen LogP contribution in [0.2, 0.25) is 0 Å². The third-order valence-electron chi connectivity index (χ3n) is 7.09. The summed E-state index contributed by atoms with van der Waals surface area (Å²) in [6.45, 7) is 0.0149. The van der Waals surface area contributed by atoms with Crippen LogP contribution in [0.25, 0.3) is 0 Å². The molecule has 0 spiro atoms. The number of hydrogen-bond donors (Lipinski definition) is 3. The van der Waals surface area contributed by atoms with Crippen molar-refractivity contribution < 1.29 is 23.0 Å². The number of nitrogens with one attached hydrogen (secondary N) is 2. The van der Waals surface area contributed by atoms with Gasteiger partial charge in [0.1, 0.15) is 23.2 Å². The van der Waals surface area contributed by atoms with E-state index in [9.17, 15) is 23.5 Å². The van der Waals surface area contributed by atoms with Gasteiger partial charge in [-0.2, -0.15) is 10.2 Å². The molecule has 4 fully saturated rings. The van der Waals surface area contributed by atoms with Gasteiger partial charge in [0.2, 0.25) is 5.95 Å². The van der Waals surface area contributed by atoms with Crippen LogP contribution < -0.4 is 15.4 Å². The Labute approximate surface area is 189 Å². The van der Waals surface area contributed by atoms with Gasteiger partial charge in [0.05, 0.1) is 11.8 Å². The molecule has 0 saturated heterocycles. The van der Waals surface area contributed by atoms with Crippen LogP contribution in [0.1, 0.15) is 43.2 Å². The summed E-state index contributed by atoms with van der Waals surface area (Å²) >= 11 is 0. The highest BCUT2D eigenvalue weighted by Crippen LogP contribution is 2.56. The Morgan fingerprint density at radius 1 is 1.18 bits per heavy atom. The molecule has 0 radical (unpaired) electrons. The lowest BCUT2D eigenvalue weighted by Crippen LogP contribution is -2.59. The molecule has 174 valence electrons. The van der Waals surface area contributed by atoms with Crippen molar-refractivity contribution in [3.8, 4) is 11.8 Å². The maximum Gasteiger partial charge on any atom is 0.573 e. The van der Waals surface area contributed by atoms with Crippen molar-refractivity contribution in [2.75, 3.05) is 10.6 Å². The van der Waals surface area contributed by atoms with Gasteiger partial charge in [-0.15, -0.1) is 13.2 Å². The average Bonchev–Trinajstić information content (AvgIpc) is 2.73. The summed E-state index contributed by atoms with van der Waals surface area (Å²) in [5.41, 5.74) is 0.0391. The molecule has 6 rings (SSSR count). The average molecular weight is 459 g/mol. The number of hydrogen-bond acceptors (Lipinski definition) is 7. The standard InChI is InChI=1S/C23H24F3N5O2/c24-23(25,26)33-18-4-2-1-3-14(18)11-28-21-29-12-17(10-27)20(31-21)30-19-15-5-13-6-16(19)9-22(32,7-13)8-15/h1-4,12-13,15-16,19,32H,5-9,11H2,(H2,28,29,30,31)/t13?,15-,16+,19?,22?. The maximum atomic E-state index is 12.7. The Kier molecular flexibility index (Phi) is 5.32. The number of nitriles is 1. The van der Waals surface area contributed by atoms with Gasteiger partial charge in [-0.3, -0.25) is 0 Å². The number of benzene rings is 1. The molecular formula is C23H24F3N5O2. The number of anilines is 2. The van der Waals surface area contributed by atoms with E-state index >= 15 is 0 Å². The molecule has 7 nitrogen and oxygen atoms in total. The number of aromatic nitrogens is 2. The molecule has 1 aromatic carbocycles. The lowest BCUT2D eigenvalue weighted by molar-refractivity contribution is -0.274. The van der Waals surface area contributed by atoms with Crippen LogP contribution in [0.15, 0.2) is 30.5 Å². The van der Waals surface area contributed by atoms with E-state index in [0.29, 0.717) is 34.7 Å². The molecule has 5 atom stereocenters. The number of aliphatic hydroxyl groups is 1. The molecule has 1 heterocycles. The zero-order valence-electron chi connectivity index (χ0n) is 17.8. The lowest BCUT2D eigenvalue weighted by atomic mass is 9.52. The quantitative estimate of drug-likeness (QED) is 0.595. The second-order valence-corrected chi connectivity index (χ2v) is 9.44. The van der Waals surface area contributed by atoms with Crippen LogP contribution in [0, 0.1) is 29.1 Å². The summed E-state index contributed by atoms with van der Waals surface area (Å²) in [5.74, 6) is 1.51. The van der Waals surface area contributed by atoms with Gasteiger partial charge in [-0.1, -0.05) is 18.2 Å². The van der Waals surface area contributed by atoms with Gasteiger partial charge in [0.25, 0.3) is 0 Å². The van der Waals surface area contributed by atoms with Crippen LogP contribution in [0.4, 0.5) is 24.9 Å². The van der Waals surface area contributed by atoms with Crippen LogP contribution in [0.5, 0.6) is 5.75 Å². The number of halogens is 3. The highest BCUT2D eigenvalue weighted by Gasteiger charge is 2.54. The number of para-hydroxylation sites is 1.